The smallest absolute Gasteiger partial charge is 0.129 e. The fourth-order valence-electron chi connectivity index (χ4n) is 2.65. The van der Waals surface area contributed by atoms with E-state index in [1.165, 1.54) is 11.6 Å². The molecule has 0 saturated carbocycles. The molecule has 0 fully saturated rings. The average molecular weight is 372 g/mol. The second-order valence-electron chi connectivity index (χ2n) is 6.04. The molecular formula is C22H23ClFNO. The maximum Gasteiger partial charge on any atom is 0.129 e. The molecule has 136 valence electrons. The maximum absolute atomic E-state index is 13.7. The van der Waals surface area contributed by atoms with E-state index in [4.69, 9.17) is 4.74 Å². The van der Waals surface area contributed by atoms with Crippen LogP contribution in [0.5, 0.6) is 5.75 Å². The summed E-state index contributed by atoms with van der Waals surface area (Å²) in [6.45, 7) is 3.12. The summed E-state index contributed by atoms with van der Waals surface area (Å²) < 4.78 is 19.4. The van der Waals surface area contributed by atoms with E-state index in [1.807, 2.05) is 42.5 Å². The van der Waals surface area contributed by atoms with Crippen LogP contribution >= 0.6 is 12.4 Å². The van der Waals surface area contributed by atoms with Gasteiger partial charge in [-0.15, -0.1) is 12.4 Å². The molecule has 1 N–H and O–H groups in total. The van der Waals surface area contributed by atoms with Gasteiger partial charge in [0.15, 0.2) is 0 Å². The van der Waals surface area contributed by atoms with Gasteiger partial charge in [-0.25, -0.2) is 4.39 Å². The van der Waals surface area contributed by atoms with Crippen molar-refractivity contribution in [3.63, 3.8) is 0 Å². The van der Waals surface area contributed by atoms with Gasteiger partial charge in [0, 0.05) is 18.2 Å². The zero-order valence-electron chi connectivity index (χ0n) is 14.7. The van der Waals surface area contributed by atoms with Gasteiger partial charge in [0.2, 0.25) is 0 Å². The van der Waals surface area contributed by atoms with Crippen LogP contribution in [0.3, 0.4) is 0 Å². The monoisotopic (exact) mass is 371 g/mol. The molecule has 0 bridgehead atoms. The van der Waals surface area contributed by atoms with Gasteiger partial charge in [-0.05, 0) is 36.2 Å². The van der Waals surface area contributed by atoms with E-state index in [-0.39, 0.29) is 30.9 Å². The molecule has 0 heterocycles. The van der Waals surface area contributed by atoms with E-state index in [2.05, 4.69) is 30.4 Å². The van der Waals surface area contributed by atoms with Gasteiger partial charge in [-0.3, -0.25) is 0 Å². The zero-order chi connectivity index (χ0) is 17.5. The first-order valence-corrected chi connectivity index (χ1v) is 8.46. The normalized spacial score (nSPS) is 11.5. The minimum absolute atomic E-state index is 0. The van der Waals surface area contributed by atoms with Gasteiger partial charge in [0.25, 0.3) is 0 Å². The number of nitrogens with one attached hydrogen (secondary N) is 1. The predicted octanol–water partition coefficient (Wildman–Crippen LogP) is 5.68. The fraction of sp³-hybridized carbons (Fsp3) is 0.182. The van der Waals surface area contributed by atoms with Crippen LogP contribution in [0.2, 0.25) is 0 Å². The summed E-state index contributed by atoms with van der Waals surface area (Å²) in [7, 11) is 0. The number of benzene rings is 3. The maximum atomic E-state index is 13.7. The van der Waals surface area contributed by atoms with E-state index >= 15 is 0 Å². The van der Waals surface area contributed by atoms with E-state index in [0.717, 1.165) is 17.9 Å². The van der Waals surface area contributed by atoms with Crippen LogP contribution in [0, 0.1) is 5.82 Å². The fourth-order valence-corrected chi connectivity index (χ4v) is 2.65. The molecular weight excluding hydrogens is 349 g/mol. The third-order valence-corrected chi connectivity index (χ3v) is 4.16. The third kappa shape index (κ3) is 5.58. The number of halogens is 2. The third-order valence-electron chi connectivity index (χ3n) is 4.16. The molecule has 3 aromatic rings. The molecule has 2 nitrogen and oxygen atoms in total. The highest BCUT2D eigenvalue weighted by Gasteiger charge is 2.05. The number of rotatable bonds is 7. The Kier molecular flexibility index (Phi) is 7.64. The molecule has 0 radical (unpaired) electrons. The Morgan fingerprint density at radius 2 is 1.65 bits per heavy atom. The number of hydrogen-bond donors (Lipinski definition) is 1. The highest BCUT2D eigenvalue weighted by molar-refractivity contribution is 5.85. The van der Waals surface area contributed by atoms with Gasteiger partial charge >= 0.3 is 0 Å². The van der Waals surface area contributed by atoms with Gasteiger partial charge in [0.05, 0.1) is 0 Å². The van der Waals surface area contributed by atoms with Gasteiger partial charge < -0.3 is 10.1 Å². The molecule has 0 aliphatic carbocycles. The Labute approximate surface area is 160 Å². The van der Waals surface area contributed by atoms with Crippen molar-refractivity contribution < 1.29 is 9.13 Å². The molecule has 1 unspecified atom stereocenters. The van der Waals surface area contributed by atoms with Gasteiger partial charge in [-0.2, -0.15) is 0 Å². The van der Waals surface area contributed by atoms with Crippen molar-refractivity contribution in [1.29, 1.82) is 0 Å². The topological polar surface area (TPSA) is 21.3 Å². The number of hydrogen-bond acceptors (Lipinski definition) is 2. The summed E-state index contributed by atoms with van der Waals surface area (Å²) in [5, 5.41) is 3.51. The average Bonchev–Trinajstić information content (AvgIpc) is 2.66. The van der Waals surface area contributed by atoms with E-state index in [9.17, 15) is 4.39 Å². The van der Waals surface area contributed by atoms with Crippen LogP contribution in [0.15, 0.2) is 78.9 Å². The van der Waals surface area contributed by atoms with E-state index < -0.39 is 0 Å². The highest BCUT2D eigenvalue weighted by atomic mass is 35.5. The summed E-state index contributed by atoms with van der Waals surface area (Å²) in [5.74, 6) is 0.506. The first-order valence-electron chi connectivity index (χ1n) is 8.46. The minimum Gasteiger partial charge on any atom is -0.489 e. The van der Waals surface area contributed by atoms with Gasteiger partial charge in [0.1, 0.15) is 18.2 Å². The lowest BCUT2D eigenvalue weighted by molar-refractivity contribution is 0.299. The zero-order valence-corrected chi connectivity index (χ0v) is 15.5. The van der Waals surface area contributed by atoms with Crippen LogP contribution in [0.25, 0.3) is 0 Å². The summed E-state index contributed by atoms with van der Waals surface area (Å²) in [5.41, 5.74) is 2.95. The molecule has 1 atom stereocenters. The van der Waals surface area contributed by atoms with Gasteiger partial charge in [-0.1, -0.05) is 60.7 Å². The van der Waals surface area contributed by atoms with Crippen molar-refractivity contribution in [1.82, 2.24) is 5.32 Å². The van der Waals surface area contributed by atoms with E-state index in [1.54, 1.807) is 12.1 Å². The molecule has 0 amide bonds. The first kappa shape index (κ1) is 20.0. The van der Waals surface area contributed by atoms with Crippen LogP contribution in [-0.4, -0.2) is 0 Å². The lowest BCUT2D eigenvalue weighted by Crippen LogP contribution is -2.17. The Balaban J connectivity index is 0.00000243. The van der Waals surface area contributed by atoms with Crippen molar-refractivity contribution in [2.75, 3.05) is 0 Å². The summed E-state index contributed by atoms with van der Waals surface area (Å²) in [4.78, 5) is 0. The Morgan fingerprint density at radius 3 is 2.42 bits per heavy atom. The minimum atomic E-state index is -0.239. The van der Waals surface area contributed by atoms with Crippen molar-refractivity contribution in [2.24, 2.45) is 0 Å². The Hall–Kier alpha value is -2.36. The molecule has 0 spiro atoms. The lowest BCUT2D eigenvalue weighted by Gasteiger charge is -2.15. The summed E-state index contributed by atoms with van der Waals surface area (Å²) in [6, 6.07) is 25.2. The largest absolute Gasteiger partial charge is 0.489 e. The lowest BCUT2D eigenvalue weighted by atomic mass is 10.1. The van der Waals surface area contributed by atoms with Crippen molar-refractivity contribution in [3.8, 4) is 5.75 Å². The molecule has 0 aliphatic rings. The highest BCUT2D eigenvalue weighted by Crippen LogP contribution is 2.18. The van der Waals surface area contributed by atoms with Crippen LogP contribution in [-0.2, 0) is 13.2 Å². The van der Waals surface area contributed by atoms with Crippen LogP contribution < -0.4 is 10.1 Å². The Bertz CT molecular complexity index is 810. The van der Waals surface area contributed by atoms with E-state index in [0.29, 0.717) is 5.56 Å². The quantitative estimate of drug-likeness (QED) is 0.577. The van der Waals surface area contributed by atoms with Crippen molar-refractivity contribution >= 4 is 12.4 Å². The predicted molar refractivity (Wildman–Crippen MR) is 106 cm³/mol. The molecule has 0 aliphatic heterocycles. The molecule has 26 heavy (non-hydrogen) atoms. The standard InChI is InChI=1S/C22H22FNO.ClH/c1-17(19-9-3-2-4-10-19)24-15-18-8-7-12-21(14-18)25-16-20-11-5-6-13-22(20)23;/h2-14,17,24H,15-16H2,1H3;1H. The molecule has 3 rings (SSSR count). The van der Waals surface area contributed by atoms with Crippen LogP contribution in [0.4, 0.5) is 4.39 Å². The second kappa shape index (κ2) is 9.95. The summed E-state index contributed by atoms with van der Waals surface area (Å²) >= 11 is 0. The van der Waals surface area contributed by atoms with Crippen LogP contribution in [0.1, 0.15) is 29.7 Å². The molecule has 0 saturated heterocycles. The molecule has 0 aromatic heterocycles. The second-order valence-corrected chi connectivity index (χ2v) is 6.04. The summed E-state index contributed by atoms with van der Waals surface area (Å²) in [6.07, 6.45) is 0. The molecule has 3 aromatic carbocycles. The van der Waals surface area contributed by atoms with Crippen molar-refractivity contribution in [3.05, 3.63) is 101 Å². The SMILES string of the molecule is CC(NCc1cccc(OCc2ccccc2F)c1)c1ccccc1.Cl. The first-order chi connectivity index (χ1) is 12.2. The molecule has 4 heteroatoms. The van der Waals surface area contributed by atoms with Crippen molar-refractivity contribution in [2.45, 2.75) is 26.1 Å². The number of ether oxygens (including phenoxy) is 1. The Morgan fingerprint density at radius 1 is 0.923 bits per heavy atom.